The van der Waals surface area contributed by atoms with Crippen molar-refractivity contribution in [1.82, 2.24) is 0 Å². The summed E-state index contributed by atoms with van der Waals surface area (Å²) in [6, 6.07) is 10.4. The van der Waals surface area contributed by atoms with Crippen LogP contribution in [0.5, 0.6) is 5.75 Å². The average molecular weight is 327 g/mol. The first-order valence-corrected chi connectivity index (χ1v) is 7.36. The van der Waals surface area contributed by atoms with E-state index in [1.54, 1.807) is 18.2 Å². The van der Waals surface area contributed by atoms with E-state index < -0.39 is 11.7 Å². The molecule has 0 aliphatic heterocycles. The third kappa shape index (κ3) is 4.29. The molecule has 2 rings (SSSR count). The van der Waals surface area contributed by atoms with Crippen molar-refractivity contribution in [2.75, 3.05) is 11.9 Å². The van der Waals surface area contributed by atoms with Gasteiger partial charge in [0.15, 0.2) is 5.78 Å². The number of halogens is 1. The Hall–Kier alpha value is -2.95. The van der Waals surface area contributed by atoms with E-state index in [0.717, 1.165) is 5.57 Å². The summed E-state index contributed by atoms with van der Waals surface area (Å²) in [5.74, 6) is -1.01. The lowest BCUT2D eigenvalue weighted by atomic mass is 10.1. The van der Waals surface area contributed by atoms with Gasteiger partial charge in [0, 0.05) is 5.56 Å². The van der Waals surface area contributed by atoms with Gasteiger partial charge < -0.3 is 10.1 Å². The van der Waals surface area contributed by atoms with Crippen LogP contribution in [0.2, 0.25) is 0 Å². The second-order valence-corrected chi connectivity index (χ2v) is 5.45. The van der Waals surface area contributed by atoms with E-state index >= 15 is 0 Å². The van der Waals surface area contributed by atoms with Gasteiger partial charge in [0.2, 0.25) is 0 Å². The Bertz CT molecular complexity index is 799. The number of benzene rings is 2. The minimum Gasteiger partial charge on any atom is -0.487 e. The number of hydrogen-bond donors (Lipinski definition) is 1. The number of anilines is 1. The monoisotopic (exact) mass is 327 g/mol. The Balaban J connectivity index is 2.33. The van der Waals surface area contributed by atoms with Crippen molar-refractivity contribution >= 4 is 17.4 Å². The van der Waals surface area contributed by atoms with Crippen molar-refractivity contribution < 1.29 is 18.7 Å². The molecule has 0 heterocycles. The number of ether oxygens (including phenoxy) is 1. The summed E-state index contributed by atoms with van der Waals surface area (Å²) in [4.78, 5) is 23.9. The molecule has 0 spiro atoms. The molecule has 24 heavy (non-hydrogen) atoms. The van der Waals surface area contributed by atoms with E-state index in [4.69, 9.17) is 4.74 Å². The fourth-order valence-corrected chi connectivity index (χ4v) is 2.01. The van der Waals surface area contributed by atoms with Gasteiger partial charge in [-0.25, -0.2) is 4.39 Å². The molecule has 4 nitrogen and oxygen atoms in total. The average Bonchev–Trinajstić information content (AvgIpc) is 2.53. The second-order valence-electron chi connectivity index (χ2n) is 5.45. The number of rotatable bonds is 6. The Labute approximate surface area is 140 Å². The smallest absolute Gasteiger partial charge is 0.258 e. The normalized spacial score (nSPS) is 10.1. The Kier molecular flexibility index (Phi) is 5.47. The molecule has 0 aromatic heterocycles. The summed E-state index contributed by atoms with van der Waals surface area (Å²) < 4.78 is 19.3. The highest BCUT2D eigenvalue weighted by molar-refractivity contribution is 6.06. The van der Waals surface area contributed by atoms with Crippen molar-refractivity contribution in [3.05, 3.63) is 71.6 Å². The number of ketones is 1. The largest absolute Gasteiger partial charge is 0.487 e. The van der Waals surface area contributed by atoms with Crippen LogP contribution in [0.15, 0.2) is 54.6 Å². The zero-order chi connectivity index (χ0) is 17.7. The lowest BCUT2D eigenvalue weighted by molar-refractivity contribution is 0.100. The second kappa shape index (κ2) is 7.55. The number of Topliss-reactive ketones (excluding diaryl/α,β-unsaturated/α-hetero) is 1. The van der Waals surface area contributed by atoms with Gasteiger partial charge in [-0.2, -0.15) is 0 Å². The summed E-state index contributed by atoms with van der Waals surface area (Å²) in [5, 5.41) is 2.60. The summed E-state index contributed by atoms with van der Waals surface area (Å²) in [5.41, 5.74) is 1.44. The quantitative estimate of drug-likeness (QED) is 0.638. The van der Waals surface area contributed by atoms with Crippen LogP contribution in [0, 0.1) is 5.82 Å². The Morgan fingerprint density at radius 1 is 1.17 bits per heavy atom. The van der Waals surface area contributed by atoms with Gasteiger partial charge in [0.1, 0.15) is 18.2 Å². The maximum Gasteiger partial charge on any atom is 0.258 e. The maximum atomic E-state index is 13.7. The fraction of sp³-hybridized carbons (Fsp3) is 0.158. The van der Waals surface area contributed by atoms with E-state index in [1.165, 1.54) is 31.2 Å². The minimum atomic E-state index is -0.623. The van der Waals surface area contributed by atoms with Crippen LogP contribution in [0.4, 0.5) is 10.1 Å². The third-order valence-corrected chi connectivity index (χ3v) is 3.23. The molecule has 0 saturated carbocycles. The molecular weight excluding hydrogens is 309 g/mol. The molecule has 0 radical (unpaired) electrons. The summed E-state index contributed by atoms with van der Waals surface area (Å²) in [6.07, 6.45) is 0. The zero-order valence-corrected chi connectivity index (χ0v) is 13.6. The first kappa shape index (κ1) is 17.4. The van der Waals surface area contributed by atoms with E-state index in [-0.39, 0.29) is 18.0 Å². The highest BCUT2D eigenvalue weighted by Crippen LogP contribution is 2.27. The molecular formula is C19H18FNO3. The third-order valence-electron chi connectivity index (χ3n) is 3.23. The Morgan fingerprint density at radius 2 is 1.88 bits per heavy atom. The minimum absolute atomic E-state index is 0.0865. The van der Waals surface area contributed by atoms with Crippen LogP contribution in [0.25, 0.3) is 0 Å². The molecule has 2 aromatic rings. The molecule has 0 aliphatic rings. The van der Waals surface area contributed by atoms with E-state index in [0.29, 0.717) is 17.0 Å². The zero-order valence-electron chi connectivity index (χ0n) is 13.6. The Morgan fingerprint density at radius 3 is 2.50 bits per heavy atom. The van der Waals surface area contributed by atoms with Crippen molar-refractivity contribution in [3.63, 3.8) is 0 Å². The van der Waals surface area contributed by atoms with Crippen LogP contribution in [0.3, 0.4) is 0 Å². The fourth-order valence-electron chi connectivity index (χ4n) is 2.01. The lowest BCUT2D eigenvalue weighted by Gasteiger charge is -2.14. The van der Waals surface area contributed by atoms with Gasteiger partial charge in [-0.1, -0.05) is 18.7 Å². The van der Waals surface area contributed by atoms with Crippen molar-refractivity contribution in [2.24, 2.45) is 0 Å². The molecule has 5 heteroatoms. The molecule has 1 N–H and O–H groups in total. The molecule has 0 fully saturated rings. The van der Waals surface area contributed by atoms with Gasteiger partial charge in [-0.05, 0) is 49.8 Å². The molecule has 0 aliphatic carbocycles. The predicted molar refractivity (Wildman–Crippen MR) is 91.1 cm³/mol. The van der Waals surface area contributed by atoms with E-state index in [9.17, 15) is 14.0 Å². The van der Waals surface area contributed by atoms with Gasteiger partial charge in [0.25, 0.3) is 5.91 Å². The molecule has 1 amide bonds. The SMILES string of the molecule is C=C(C)COc1ccc(C(C)=O)cc1NC(=O)c1ccccc1F. The summed E-state index contributed by atoms with van der Waals surface area (Å²) in [7, 11) is 0. The number of carbonyl (C=O) groups is 2. The van der Waals surface area contributed by atoms with Crippen LogP contribution in [-0.2, 0) is 0 Å². The van der Waals surface area contributed by atoms with E-state index in [1.807, 2.05) is 6.92 Å². The van der Waals surface area contributed by atoms with Crippen molar-refractivity contribution in [2.45, 2.75) is 13.8 Å². The molecule has 124 valence electrons. The van der Waals surface area contributed by atoms with Gasteiger partial charge in [-0.3, -0.25) is 9.59 Å². The number of hydrogen-bond acceptors (Lipinski definition) is 3. The standard InChI is InChI=1S/C19H18FNO3/c1-12(2)11-24-18-9-8-14(13(3)22)10-17(18)21-19(23)15-6-4-5-7-16(15)20/h4-10H,1,11H2,2-3H3,(H,21,23). The molecule has 0 unspecified atom stereocenters. The highest BCUT2D eigenvalue weighted by atomic mass is 19.1. The topological polar surface area (TPSA) is 55.4 Å². The summed E-state index contributed by atoms with van der Waals surface area (Å²) in [6.45, 7) is 7.25. The highest BCUT2D eigenvalue weighted by Gasteiger charge is 2.15. The first-order chi connectivity index (χ1) is 11.4. The van der Waals surface area contributed by atoms with Crippen LogP contribution >= 0.6 is 0 Å². The number of carbonyl (C=O) groups excluding carboxylic acids is 2. The van der Waals surface area contributed by atoms with Crippen molar-refractivity contribution in [1.29, 1.82) is 0 Å². The molecule has 0 saturated heterocycles. The number of amides is 1. The predicted octanol–water partition coefficient (Wildman–Crippen LogP) is 4.24. The number of nitrogens with one attached hydrogen (secondary N) is 1. The van der Waals surface area contributed by atoms with Crippen molar-refractivity contribution in [3.8, 4) is 5.75 Å². The van der Waals surface area contributed by atoms with Gasteiger partial charge in [0.05, 0.1) is 11.3 Å². The van der Waals surface area contributed by atoms with Gasteiger partial charge >= 0.3 is 0 Å². The molecule has 0 bridgehead atoms. The van der Waals surface area contributed by atoms with Gasteiger partial charge in [-0.15, -0.1) is 0 Å². The maximum absolute atomic E-state index is 13.7. The first-order valence-electron chi connectivity index (χ1n) is 7.36. The summed E-state index contributed by atoms with van der Waals surface area (Å²) >= 11 is 0. The molecule has 0 atom stereocenters. The lowest BCUT2D eigenvalue weighted by Crippen LogP contribution is -2.15. The van der Waals surface area contributed by atoms with E-state index in [2.05, 4.69) is 11.9 Å². The van der Waals surface area contributed by atoms with Crippen LogP contribution in [-0.4, -0.2) is 18.3 Å². The van der Waals surface area contributed by atoms with Crippen LogP contribution in [0.1, 0.15) is 34.6 Å². The molecule has 2 aromatic carbocycles. The van der Waals surface area contributed by atoms with Crippen LogP contribution < -0.4 is 10.1 Å².